The van der Waals surface area contributed by atoms with E-state index in [1.165, 1.54) is 11.8 Å². The van der Waals surface area contributed by atoms with Crippen molar-refractivity contribution in [2.24, 2.45) is 0 Å². The van der Waals surface area contributed by atoms with Crippen LogP contribution in [0.15, 0.2) is 71.6 Å². The van der Waals surface area contributed by atoms with Crippen LogP contribution in [-0.4, -0.2) is 28.9 Å². The molecule has 144 valence electrons. The van der Waals surface area contributed by atoms with Crippen molar-refractivity contribution in [3.63, 3.8) is 0 Å². The molecule has 0 unspecified atom stereocenters. The minimum Gasteiger partial charge on any atom is -0.462 e. The first-order chi connectivity index (χ1) is 13.6. The molecule has 3 rings (SSSR count). The van der Waals surface area contributed by atoms with Crippen LogP contribution in [0.2, 0.25) is 0 Å². The fourth-order valence-corrected chi connectivity index (χ4v) is 3.52. The minimum absolute atomic E-state index is 0.153. The number of esters is 1. The Bertz CT molecular complexity index is 953. The van der Waals surface area contributed by atoms with Crippen LogP contribution in [0.25, 0.3) is 11.3 Å². The van der Waals surface area contributed by atoms with Crippen molar-refractivity contribution in [2.45, 2.75) is 18.7 Å². The Kier molecular flexibility index (Phi) is 6.55. The molecule has 28 heavy (non-hydrogen) atoms. The van der Waals surface area contributed by atoms with Crippen LogP contribution in [0.4, 0.5) is 0 Å². The molecule has 0 radical (unpaired) electrons. The molecule has 3 aromatic rings. The van der Waals surface area contributed by atoms with Crippen molar-refractivity contribution >= 4 is 23.6 Å². The zero-order valence-electron chi connectivity index (χ0n) is 15.8. The van der Waals surface area contributed by atoms with Gasteiger partial charge in [-0.3, -0.25) is 14.9 Å². The molecule has 1 amide bonds. The monoisotopic (exact) mass is 394 g/mol. The third-order valence-corrected chi connectivity index (χ3v) is 5.17. The summed E-state index contributed by atoms with van der Waals surface area (Å²) in [6, 6.07) is 21.1. The fraction of sp³-hybridized carbons (Fsp3) is 0.182. The standard InChI is InChI=1S/C22H22N2O3S/c1-3-27-22(26)19-14-20(17-10-6-4-7-11-17)24(16(19)2)23-21(25)15-28-18-12-8-5-9-13-18/h4-14H,3,15H2,1-2H3,(H,23,25). The second-order valence-corrected chi connectivity index (χ2v) is 7.14. The maximum absolute atomic E-state index is 12.6. The van der Waals surface area contributed by atoms with Gasteiger partial charge in [0.1, 0.15) is 0 Å². The predicted octanol–water partition coefficient (Wildman–Crippen LogP) is 4.50. The molecule has 0 saturated heterocycles. The first-order valence-corrected chi connectivity index (χ1v) is 10.0. The van der Waals surface area contributed by atoms with Gasteiger partial charge in [0.05, 0.1) is 29.3 Å². The zero-order chi connectivity index (χ0) is 19.9. The number of thioether (sulfide) groups is 1. The van der Waals surface area contributed by atoms with Gasteiger partial charge < -0.3 is 4.74 Å². The lowest BCUT2D eigenvalue weighted by Crippen LogP contribution is -2.26. The molecule has 0 aliphatic heterocycles. The molecule has 1 aromatic heterocycles. The summed E-state index contributed by atoms with van der Waals surface area (Å²) in [5.74, 6) is -0.283. The van der Waals surface area contributed by atoms with Gasteiger partial charge in [0.15, 0.2) is 0 Å². The molecule has 0 atom stereocenters. The van der Waals surface area contributed by atoms with Gasteiger partial charge in [-0.25, -0.2) is 4.79 Å². The lowest BCUT2D eigenvalue weighted by molar-refractivity contribution is -0.114. The Morgan fingerprint density at radius 1 is 1.04 bits per heavy atom. The van der Waals surface area contributed by atoms with Crippen molar-refractivity contribution in [1.82, 2.24) is 4.68 Å². The lowest BCUT2D eigenvalue weighted by atomic mass is 10.1. The van der Waals surface area contributed by atoms with Crippen LogP contribution in [0, 0.1) is 6.92 Å². The summed E-state index contributed by atoms with van der Waals surface area (Å²) in [6.07, 6.45) is 0. The number of ether oxygens (including phenoxy) is 1. The smallest absolute Gasteiger partial charge is 0.340 e. The molecule has 1 heterocycles. The van der Waals surface area contributed by atoms with E-state index in [0.717, 1.165) is 16.2 Å². The van der Waals surface area contributed by atoms with E-state index in [0.29, 0.717) is 17.9 Å². The van der Waals surface area contributed by atoms with Gasteiger partial charge in [-0.1, -0.05) is 48.5 Å². The number of nitrogens with zero attached hydrogens (tertiary/aromatic N) is 1. The number of hydrogen-bond acceptors (Lipinski definition) is 4. The highest BCUT2D eigenvalue weighted by atomic mass is 32.2. The van der Waals surface area contributed by atoms with Crippen molar-refractivity contribution in [1.29, 1.82) is 0 Å². The third-order valence-electron chi connectivity index (χ3n) is 4.16. The van der Waals surface area contributed by atoms with E-state index in [9.17, 15) is 9.59 Å². The summed E-state index contributed by atoms with van der Waals surface area (Å²) in [5.41, 5.74) is 5.63. The van der Waals surface area contributed by atoms with Crippen molar-refractivity contribution in [3.05, 3.63) is 78.0 Å². The molecule has 1 N–H and O–H groups in total. The normalized spacial score (nSPS) is 10.5. The molecule has 6 heteroatoms. The van der Waals surface area contributed by atoms with E-state index < -0.39 is 5.97 Å². The van der Waals surface area contributed by atoms with Gasteiger partial charge in [-0.15, -0.1) is 11.8 Å². The number of rotatable bonds is 7. The van der Waals surface area contributed by atoms with E-state index >= 15 is 0 Å². The van der Waals surface area contributed by atoms with Crippen LogP contribution in [0.3, 0.4) is 0 Å². The number of carbonyl (C=O) groups is 2. The first kappa shape index (κ1) is 19.8. The second kappa shape index (κ2) is 9.28. The summed E-state index contributed by atoms with van der Waals surface area (Å²) in [7, 11) is 0. The minimum atomic E-state index is -0.399. The molecule has 0 fully saturated rings. The summed E-state index contributed by atoms with van der Waals surface area (Å²) in [6.45, 7) is 3.86. The molecule has 0 spiro atoms. The van der Waals surface area contributed by atoms with E-state index in [4.69, 9.17) is 4.74 Å². The Labute approximate surface area is 168 Å². The number of carbonyl (C=O) groups excluding carboxylic acids is 2. The quantitative estimate of drug-likeness (QED) is 0.473. The largest absolute Gasteiger partial charge is 0.462 e. The molecule has 0 bridgehead atoms. The van der Waals surface area contributed by atoms with Crippen LogP contribution in [0.5, 0.6) is 0 Å². The second-order valence-electron chi connectivity index (χ2n) is 6.09. The number of nitrogens with one attached hydrogen (secondary N) is 1. The number of aromatic nitrogens is 1. The van der Waals surface area contributed by atoms with Gasteiger partial charge >= 0.3 is 5.97 Å². The maximum atomic E-state index is 12.6. The molecule has 0 aliphatic carbocycles. The van der Waals surface area contributed by atoms with Gasteiger partial charge in [0, 0.05) is 10.5 Å². The highest BCUT2D eigenvalue weighted by molar-refractivity contribution is 8.00. The average Bonchev–Trinajstić information content (AvgIpc) is 3.04. The molecule has 0 saturated carbocycles. The van der Waals surface area contributed by atoms with Crippen LogP contribution >= 0.6 is 11.8 Å². The molecular weight excluding hydrogens is 372 g/mol. The molecule has 5 nitrogen and oxygen atoms in total. The summed E-state index contributed by atoms with van der Waals surface area (Å²) < 4.78 is 6.82. The van der Waals surface area contributed by atoms with E-state index in [-0.39, 0.29) is 11.7 Å². The Hall–Kier alpha value is -2.99. The van der Waals surface area contributed by atoms with Crippen molar-refractivity contribution < 1.29 is 14.3 Å². The average molecular weight is 394 g/mol. The van der Waals surface area contributed by atoms with Crippen LogP contribution < -0.4 is 5.43 Å². The lowest BCUT2D eigenvalue weighted by Gasteiger charge is -2.13. The summed E-state index contributed by atoms with van der Waals surface area (Å²) >= 11 is 1.46. The number of amides is 1. The summed E-state index contributed by atoms with van der Waals surface area (Å²) in [4.78, 5) is 25.9. The zero-order valence-corrected chi connectivity index (χ0v) is 16.7. The molecule has 2 aromatic carbocycles. The van der Waals surface area contributed by atoms with Gasteiger partial charge in [0.2, 0.25) is 5.91 Å². The predicted molar refractivity (Wildman–Crippen MR) is 112 cm³/mol. The van der Waals surface area contributed by atoms with Crippen molar-refractivity contribution in [3.8, 4) is 11.3 Å². The van der Waals surface area contributed by atoms with E-state index in [1.54, 1.807) is 24.6 Å². The highest BCUT2D eigenvalue weighted by Gasteiger charge is 2.20. The molecular formula is C22H22N2O3S. The van der Waals surface area contributed by atoms with Gasteiger partial charge in [-0.05, 0) is 32.0 Å². The fourth-order valence-electron chi connectivity index (χ4n) is 2.81. The van der Waals surface area contributed by atoms with E-state index in [1.807, 2.05) is 60.7 Å². The Morgan fingerprint density at radius 3 is 2.32 bits per heavy atom. The van der Waals surface area contributed by atoms with Crippen molar-refractivity contribution in [2.75, 3.05) is 17.8 Å². The SMILES string of the molecule is CCOC(=O)c1cc(-c2ccccc2)n(NC(=O)CSc2ccccc2)c1C. The number of hydrogen-bond donors (Lipinski definition) is 1. The van der Waals surface area contributed by atoms with Crippen LogP contribution in [-0.2, 0) is 9.53 Å². The van der Waals surface area contributed by atoms with Crippen LogP contribution in [0.1, 0.15) is 23.0 Å². The molecule has 0 aliphatic rings. The third kappa shape index (κ3) is 4.64. The Morgan fingerprint density at radius 2 is 1.68 bits per heavy atom. The maximum Gasteiger partial charge on any atom is 0.340 e. The van der Waals surface area contributed by atoms with E-state index in [2.05, 4.69) is 5.43 Å². The highest BCUT2D eigenvalue weighted by Crippen LogP contribution is 2.26. The first-order valence-electron chi connectivity index (χ1n) is 9.02. The van der Waals surface area contributed by atoms with Gasteiger partial charge in [0.25, 0.3) is 0 Å². The topological polar surface area (TPSA) is 60.3 Å². The summed E-state index contributed by atoms with van der Waals surface area (Å²) in [5, 5.41) is 0. The van der Waals surface area contributed by atoms with Gasteiger partial charge in [-0.2, -0.15) is 0 Å². The number of benzene rings is 2. The Balaban J connectivity index is 1.85.